The van der Waals surface area contributed by atoms with Gasteiger partial charge >= 0.3 is 0 Å². The van der Waals surface area contributed by atoms with Crippen LogP contribution in [-0.2, 0) is 0 Å². The first-order valence-electron chi connectivity index (χ1n) is 6.36. The molecule has 0 fully saturated rings. The molecule has 1 atom stereocenters. The Morgan fingerprint density at radius 2 is 1.48 bits per heavy atom. The van der Waals surface area contributed by atoms with Crippen LogP contribution in [0.25, 0.3) is 5.57 Å². The Hall–Kier alpha value is -1.38. The van der Waals surface area contributed by atoms with Crippen molar-refractivity contribution in [3.63, 3.8) is 0 Å². The van der Waals surface area contributed by atoms with Crippen LogP contribution in [0.15, 0.2) is 20.6 Å². The monoisotopic (exact) mass is 366 g/mol. The van der Waals surface area contributed by atoms with E-state index in [4.69, 9.17) is 11.6 Å². The van der Waals surface area contributed by atoms with Gasteiger partial charge in [-0.2, -0.15) is 0 Å². The van der Waals surface area contributed by atoms with Crippen LogP contribution in [0.4, 0.5) is 22.0 Å². The zero-order valence-corrected chi connectivity index (χ0v) is 13.3. The predicted octanol–water partition coefficient (Wildman–Crippen LogP) is 4.66. The summed E-state index contributed by atoms with van der Waals surface area (Å²) in [6, 6.07) is -0.507. The molecule has 1 N–H and O–H groups in total. The molecule has 1 aromatic rings. The summed E-state index contributed by atoms with van der Waals surface area (Å²) in [5, 5.41) is -0.0926. The minimum atomic E-state index is -2.20. The van der Waals surface area contributed by atoms with Crippen LogP contribution < -0.4 is 4.72 Å². The lowest BCUT2D eigenvalue weighted by atomic mass is 9.84. The Labute approximate surface area is 137 Å². The molecule has 0 aromatic heterocycles. The Bertz CT molecular complexity index is 802. The van der Waals surface area contributed by atoms with Gasteiger partial charge in [-0.25, -0.2) is 31.1 Å². The lowest BCUT2D eigenvalue weighted by Gasteiger charge is -2.26. The number of benzene rings is 1. The van der Waals surface area contributed by atoms with E-state index >= 15 is 0 Å². The highest BCUT2D eigenvalue weighted by atomic mass is 35.5. The quantitative estimate of drug-likeness (QED) is 0.338. The maximum Gasteiger partial charge on any atom is 0.200 e. The van der Waals surface area contributed by atoms with E-state index in [2.05, 4.69) is 9.12 Å². The topological polar surface area (TPSA) is 24.4 Å². The van der Waals surface area contributed by atoms with Crippen LogP contribution in [-0.4, -0.2) is 11.8 Å². The summed E-state index contributed by atoms with van der Waals surface area (Å²) in [6.45, 7) is 3.07. The molecule has 0 saturated carbocycles. The lowest BCUT2D eigenvalue weighted by molar-refractivity contribution is 0.376. The number of nitrogens with one attached hydrogen (secondary N) is 1. The molecule has 1 aliphatic carbocycles. The average molecular weight is 367 g/mol. The van der Waals surface area contributed by atoms with Crippen molar-refractivity contribution >= 4 is 35.0 Å². The standard InChI is InChI=1S/C14H8ClF5N2S/c1-3-5(7(15)4(2)14-13(3)21-23-22-14)6-8(16)10(18)12(20)11(19)9(6)17/h13,21H,1-2H3. The molecule has 0 spiro atoms. The minimum Gasteiger partial charge on any atom is -0.231 e. The van der Waals surface area contributed by atoms with Crippen molar-refractivity contribution in [3.8, 4) is 0 Å². The zero-order chi connectivity index (χ0) is 17.0. The van der Waals surface area contributed by atoms with E-state index in [0.29, 0.717) is 16.9 Å². The smallest absolute Gasteiger partial charge is 0.200 e. The van der Waals surface area contributed by atoms with Crippen molar-refractivity contribution in [1.82, 2.24) is 4.72 Å². The molecule has 9 heteroatoms. The summed E-state index contributed by atoms with van der Waals surface area (Å²) in [5.74, 6) is -10.0. The molecular weight excluding hydrogens is 359 g/mol. The number of hydrogen-bond acceptors (Lipinski definition) is 3. The molecule has 2 nitrogen and oxygen atoms in total. The third-order valence-electron chi connectivity index (χ3n) is 3.81. The fourth-order valence-corrected chi connectivity index (χ4v) is 3.69. The molecular formula is C14H8ClF5N2S. The summed E-state index contributed by atoms with van der Waals surface area (Å²) in [6.07, 6.45) is 0. The van der Waals surface area contributed by atoms with E-state index < -0.39 is 40.7 Å². The highest BCUT2D eigenvalue weighted by Crippen LogP contribution is 2.43. The maximum atomic E-state index is 14.1. The van der Waals surface area contributed by atoms with Crippen molar-refractivity contribution in [3.05, 3.63) is 50.8 Å². The molecule has 0 radical (unpaired) electrons. The first-order valence-corrected chi connectivity index (χ1v) is 7.51. The molecule has 0 amide bonds. The number of nitrogens with zero attached hydrogens (tertiary/aromatic N) is 1. The van der Waals surface area contributed by atoms with Gasteiger partial charge in [0.2, 0.25) is 5.82 Å². The third kappa shape index (κ3) is 2.23. The van der Waals surface area contributed by atoms with Gasteiger partial charge < -0.3 is 0 Å². The Balaban J connectivity index is 2.35. The summed E-state index contributed by atoms with van der Waals surface area (Å²) in [7, 11) is 0. The second-order valence-corrected chi connectivity index (χ2v) is 6.04. The van der Waals surface area contributed by atoms with E-state index in [0.717, 1.165) is 12.1 Å². The van der Waals surface area contributed by atoms with Crippen molar-refractivity contribution < 1.29 is 22.0 Å². The van der Waals surface area contributed by atoms with Crippen LogP contribution in [0.1, 0.15) is 19.4 Å². The normalized spacial score (nSPS) is 21.0. The third-order valence-corrected chi connectivity index (χ3v) is 4.91. The van der Waals surface area contributed by atoms with Gasteiger partial charge in [0, 0.05) is 5.57 Å². The Kier molecular flexibility index (Phi) is 4.02. The van der Waals surface area contributed by atoms with Gasteiger partial charge in [0.25, 0.3) is 0 Å². The maximum absolute atomic E-state index is 14.1. The Morgan fingerprint density at radius 1 is 0.957 bits per heavy atom. The highest BCUT2D eigenvalue weighted by molar-refractivity contribution is 7.96. The number of rotatable bonds is 1. The fourth-order valence-electron chi connectivity index (χ4n) is 2.56. The van der Waals surface area contributed by atoms with E-state index in [1.54, 1.807) is 6.92 Å². The first-order chi connectivity index (χ1) is 10.8. The minimum absolute atomic E-state index is 0.0926. The fraction of sp³-hybridized carbons (Fsp3) is 0.214. The van der Waals surface area contributed by atoms with E-state index in [1.165, 1.54) is 6.92 Å². The molecule has 1 aromatic carbocycles. The van der Waals surface area contributed by atoms with Crippen LogP contribution >= 0.6 is 23.7 Å². The largest absolute Gasteiger partial charge is 0.231 e. The van der Waals surface area contributed by atoms with Crippen LogP contribution in [0.5, 0.6) is 0 Å². The number of allylic oxidation sites excluding steroid dienone is 2. The molecule has 122 valence electrons. The highest BCUT2D eigenvalue weighted by Gasteiger charge is 2.37. The van der Waals surface area contributed by atoms with Crippen molar-refractivity contribution in [1.29, 1.82) is 0 Å². The van der Waals surface area contributed by atoms with E-state index in [-0.39, 0.29) is 10.6 Å². The molecule has 2 aliphatic rings. The number of fused-ring (bicyclic) bond motifs is 1. The van der Waals surface area contributed by atoms with Gasteiger partial charge in [-0.05, 0) is 25.0 Å². The van der Waals surface area contributed by atoms with Gasteiger partial charge in [-0.15, -0.1) is 0 Å². The molecule has 3 rings (SSSR count). The van der Waals surface area contributed by atoms with Crippen molar-refractivity contribution in [2.75, 3.05) is 0 Å². The first kappa shape index (κ1) is 16.5. The molecule has 23 heavy (non-hydrogen) atoms. The summed E-state index contributed by atoms with van der Waals surface area (Å²) in [5.41, 5.74) is 0.0632. The zero-order valence-electron chi connectivity index (χ0n) is 11.7. The molecule has 0 bridgehead atoms. The van der Waals surface area contributed by atoms with Crippen molar-refractivity contribution in [2.24, 2.45) is 4.40 Å². The summed E-state index contributed by atoms with van der Waals surface area (Å²) >= 11 is 7.17. The molecule has 0 saturated heterocycles. The van der Waals surface area contributed by atoms with E-state index in [1.807, 2.05) is 0 Å². The number of halogens is 6. The molecule has 1 aliphatic heterocycles. The lowest BCUT2D eigenvalue weighted by Crippen LogP contribution is -2.33. The van der Waals surface area contributed by atoms with Gasteiger partial charge in [-0.3, -0.25) is 0 Å². The van der Waals surface area contributed by atoms with Crippen molar-refractivity contribution in [2.45, 2.75) is 19.9 Å². The Morgan fingerprint density at radius 3 is 2.04 bits per heavy atom. The second kappa shape index (κ2) is 5.61. The average Bonchev–Trinajstić information content (AvgIpc) is 3.02. The second-order valence-electron chi connectivity index (χ2n) is 5.06. The van der Waals surface area contributed by atoms with Gasteiger partial charge in [0.1, 0.15) is 0 Å². The summed E-state index contributed by atoms with van der Waals surface area (Å²) < 4.78 is 75.4. The molecule has 1 heterocycles. The van der Waals surface area contributed by atoms with Crippen LogP contribution in [0.2, 0.25) is 0 Å². The van der Waals surface area contributed by atoms with Gasteiger partial charge in [0.05, 0.1) is 34.5 Å². The SMILES string of the molecule is CC1=C(Cl)C(c2c(F)c(F)c(F)c(F)c2F)=C(C)C2NSN=C12. The van der Waals surface area contributed by atoms with E-state index in [9.17, 15) is 22.0 Å². The van der Waals surface area contributed by atoms with Crippen LogP contribution in [0.3, 0.4) is 0 Å². The van der Waals surface area contributed by atoms with Crippen LogP contribution in [0, 0.1) is 29.1 Å². The van der Waals surface area contributed by atoms with Gasteiger partial charge in [0.15, 0.2) is 23.3 Å². The number of hydrogen-bond donors (Lipinski definition) is 1. The summed E-state index contributed by atoms with van der Waals surface area (Å²) in [4.78, 5) is 0. The molecule has 1 unspecified atom stereocenters. The predicted molar refractivity (Wildman–Crippen MR) is 79.3 cm³/mol. The van der Waals surface area contributed by atoms with Gasteiger partial charge in [-0.1, -0.05) is 11.6 Å².